The van der Waals surface area contributed by atoms with E-state index in [1.54, 1.807) is 7.11 Å². The molecule has 0 aromatic heterocycles. The SMILES string of the molecule is CCc1ccc(C2CC(N)c3cc(OC)ccc3O2)cc1. The molecule has 2 atom stereocenters. The minimum Gasteiger partial charge on any atom is -0.497 e. The molecule has 0 spiro atoms. The normalized spacial score (nSPS) is 20.5. The average molecular weight is 283 g/mol. The summed E-state index contributed by atoms with van der Waals surface area (Å²) >= 11 is 0. The van der Waals surface area contributed by atoms with E-state index in [9.17, 15) is 0 Å². The van der Waals surface area contributed by atoms with Crippen LogP contribution in [0.25, 0.3) is 0 Å². The molecule has 0 saturated heterocycles. The van der Waals surface area contributed by atoms with Crippen LogP contribution in [0.3, 0.4) is 0 Å². The Balaban J connectivity index is 1.87. The fraction of sp³-hybridized carbons (Fsp3) is 0.333. The zero-order chi connectivity index (χ0) is 14.8. The lowest BCUT2D eigenvalue weighted by Crippen LogP contribution is -2.24. The third kappa shape index (κ3) is 2.74. The van der Waals surface area contributed by atoms with Crippen LogP contribution in [-0.4, -0.2) is 7.11 Å². The number of methoxy groups -OCH3 is 1. The summed E-state index contributed by atoms with van der Waals surface area (Å²) in [5, 5.41) is 0. The lowest BCUT2D eigenvalue weighted by molar-refractivity contribution is 0.161. The number of hydrogen-bond donors (Lipinski definition) is 1. The van der Waals surface area contributed by atoms with Crippen LogP contribution >= 0.6 is 0 Å². The van der Waals surface area contributed by atoms with Gasteiger partial charge in [-0.1, -0.05) is 31.2 Å². The van der Waals surface area contributed by atoms with E-state index in [-0.39, 0.29) is 12.1 Å². The van der Waals surface area contributed by atoms with Crippen LogP contribution in [0.5, 0.6) is 11.5 Å². The maximum absolute atomic E-state index is 6.32. The van der Waals surface area contributed by atoms with E-state index in [1.165, 1.54) is 11.1 Å². The number of ether oxygens (including phenoxy) is 2. The number of hydrogen-bond acceptors (Lipinski definition) is 3. The minimum absolute atomic E-state index is 0.0202. The molecule has 1 aliphatic rings. The molecule has 0 aliphatic carbocycles. The first kappa shape index (κ1) is 14.0. The zero-order valence-electron chi connectivity index (χ0n) is 12.5. The molecule has 3 nitrogen and oxygen atoms in total. The summed E-state index contributed by atoms with van der Waals surface area (Å²) in [5.41, 5.74) is 9.86. The summed E-state index contributed by atoms with van der Waals surface area (Å²) in [6.07, 6.45) is 1.85. The van der Waals surface area contributed by atoms with Crippen LogP contribution in [0.1, 0.15) is 42.2 Å². The quantitative estimate of drug-likeness (QED) is 0.932. The predicted octanol–water partition coefficient (Wildman–Crippen LogP) is 3.78. The highest BCUT2D eigenvalue weighted by atomic mass is 16.5. The second-order valence-corrected chi connectivity index (χ2v) is 5.45. The van der Waals surface area contributed by atoms with Gasteiger partial charge in [0.1, 0.15) is 17.6 Å². The summed E-state index contributed by atoms with van der Waals surface area (Å²) in [5.74, 6) is 1.68. The number of fused-ring (bicyclic) bond motifs is 1. The van der Waals surface area contributed by atoms with E-state index in [1.807, 2.05) is 18.2 Å². The molecule has 3 heteroatoms. The molecule has 21 heavy (non-hydrogen) atoms. The molecule has 2 aromatic carbocycles. The Bertz CT molecular complexity index is 622. The summed E-state index contributed by atoms with van der Waals surface area (Å²) in [7, 11) is 1.66. The van der Waals surface area contributed by atoms with E-state index < -0.39 is 0 Å². The molecule has 0 radical (unpaired) electrons. The van der Waals surface area contributed by atoms with Gasteiger partial charge in [-0.3, -0.25) is 0 Å². The van der Waals surface area contributed by atoms with E-state index in [2.05, 4.69) is 31.2 Å². The van der Waals surface area contributed by atoms with Gasteiger partial charge in [0, 0.05) is 18.0 Å². The number of aryl methyl sites for hydroxylation is 1. The van der Waals surface area contributed by atoms with Crippen LogP contribution in [0.2, 0.25) is 0 Å². The van der Waals surface area contributed by atoms with Gasteiger partial charge in [0.05, 0.1) is 7.11 Å². The lowest BCUT2D eigenvalue weighted by Gasteiger charge is -2.31. The summed E-state index contributed by atoms with van der Waals surface area (Å²) in [6.45, 7) is 2.16. The van der Waals surface area contributed by atoms with Gasteiger partial charge in [0.2, 0.25) is 0 Å². The molecule has 0 saturated carbocycles. The third-order valence-corrected chi connectivity index (χ3v) is 4.11. The first-order chi connectivity index (χ1) is 10.2. The van der Waals surface area contributed by atoms with Crippen LogP contribution < -0.4 is 15.2 Å². The van der Waals surface area contributed by atoms with Crippen molar-refractivity contribution < 1.29 is 9.47 Å². The van der Waals surface area contributed by atoms with Gasteiger partial charge in [-0.25, -0.2) is 0 Å². The fourth-order valence-electron chi connectivity index (χ4n) is 2.78. The first-order valence-corrected chi connectivity index (χ1v) is 7.40. The molecule has 3 rings (SSSR count). The molecule has 0 fully saturated rings. The maximum atomic E-state index is 6.32. The van der Waals surface area contributed by atoms with Gasteiger partial charge >= 0.3 is 0 Å². The minimum atomic E-state index is -0.0281. The highest BCUT2D eigenvalue weighted by Gasteiger charge is 2.27. The van der Waals surface area contributed by atoms with Gasteiger partial charge in [-0.05, 0) is 35.7 Å². The Hall–Kier alpha value is -2.00. The van der Waals surface area contributed by atoms with Crippen molar-refractivity contribution in [3.8, 4) is 11.5 Å². The van der Waals surface area contributed by atoms with E-state index in [0.717, 1.165) is 29.9 Å². The molecule has 1 aliphatic heterocycles. The molecule has 0 amide bonds. The smallest absolute Gasteiger partial charge is 0.126 e. The molecule has 1 heterocycles. The second-order valence-electron chi connectivity index (χ2n) is 5.45. The monoisotopic (exact) mass is 283 g/mol. The zero-order valence-corrected chi connectivity index (χ0v) is 12.5. The van der Waals surface area contributed by atoms with Crippen molar-refractivity contribution >= 4 is 0 Å². The topological polar surface area (TPSA) is 44.5 Å². The second kappa shape index (κ2) is 5.78. The van der Waals surface area contributed by atoms with Gasteiger partial charge in [0.25, 0.3) is 0 Å². The predicted molar refractivity (Wildman–Crippen MR) is 83.7 cm³/mol. The highest BCUT2D eigenvalue weighted by Crippen LogP contribution is 2.41. The van der Waals surface area contributed by atoms with Crippen LogP contribution in [0.4, 0.5) is 0 Å². The molecule has 2 aromatic rings. The Morgan fingerprint density at radius 2 is 1.95 bits per heavy atom. The average Bonchev–Trinajstić information content (AvgIpc) is 2.54. The Kier molecular flexibility index (Phi) is 3.84. The van der Waals surface area contributed by atoms with E-state index in [0.29, 0.717) is 0 Å². The number of nitrogens with two attached hydrogens (primary N) is 1. The van der Waals surface area contributed by atoms with E-state index in [4.69, 9.17) is 15.2 Å². The van der Waals surface area contributed by atoms with Crippen LogP contribution in [0, 0.1) is 0 Å². The standard InChI is InChI=1S/C18H21NO2/c1-3-12-4-6-13(7-5-12)18-11-16(19)15-10-14(20-2)8-9-17(15)21-18/h4-10,16,18H,3,11,19H2,1-2H3. The van der Waals surface area contributed by atoms with Crippen molar-refractivity contribution in [2.45, 2.75) is 31.9 Å². The van der Waals surface area contributed by atoms with Gasteiger partial charge in [-0.15, -0.1) is 0 Å². The Labute approximate surface area is 125 Å². The fourth-order valence-corrected chi connectivity index (χ4v) is 2.78. The molecule has 110 valence electrons. The summed E-state index contributed by atoms with van der Waals surface area (Å²) in [6, 6.07) is 14.4. The first-order valence-electron chi connectivity index (χ1n) is 7.40. The van der Waals surface area contributed by atoms with Crippen molar-refractivity contribution in [1.29, 1.82) is 0 Å². The Morgan fingerprint density at radius 1 is 1.19 bits per heavy atom. The summed E-state index contributed by atoms with van der Waals surface area (Å²) < 4.78 is 11.4. The largest absolute Gasteiger partial charge is 0.497 e. The van der Waals surface area contributed by atoms with Crippen molar-refractivity contribution in [1.82, 2.24) is 0 Å². The van der Waals surface area contributed by atoms with Gasteiger partial charge < -0.3 is 15.2 Å². The van der Waals surface area contributed by atoms with Crippen molar-refractivity contribution in [3.05, 3.63) is 59.2 Å². The lowest BCUT2D eigenvalue weighted by atomic mass is 9.93. The number of rotatable bonds is 3. The molecule has 2 unspecified atom stereocenters. The maximum Gasteiger partial charge on any atom is 0.126 e. The van der Waals surface area contributed by atoms with Crippen molar-refractivity contribution in [3.63, 3.8) is 0 Å². The highest BCUT2D eigenvalue weighted by molar-refractivity contribution is 5.44. The number of benzene rings is 2. The van der Waals surface area contributed by atoms with Crippen LogP contribution in [0.15, 0.2) is 42.5 Å². The van der Waals surface area contributed by atoms with E-state index >= 15 is 0 Å². The third-order valence-electron chi connectivity index (χ3n) is 4.11. The Morgan fingerprint density at radius 3 is 2.62 bits per heavy atom. The molecular formula is C18H21NO2. The molecule has 0 bridgehead atoms. The van der Waals surface area contributed by atoms with Gasteiger partial charge in [0.15, 0.2) is 0 Å². The van der Waals surface area contributed by atoms with Crippen LogP contribution in [-0.2, 0) is 6.42 Å². The molecular weight excluding hydrogens is 262 g/mol. The van der Waals surface area contributed by atoms with Gasteiger partial charge in [-0.2, -0.15) is 0 Å². The summed E-state index contributed by atoms with van der Waals surface area (Å²) in [4.78, 5) is 0. The van der Waals surface area contributed by atoms with Crippen molar-refractivity contribution in [2.24, 2.45) is 5.73 Å². The molecule has 2 N–H and O–H groups in total. The van der Waals surface area contributed by atoms with Crippen molar-refractivity contribution in [2.75, 3.05) is 7.11 Å².